The molecule has 0 aliphatic carbocycles. The van der Waals surface area contributed by atoms with Crippen molar-refractivity contribution in [1.29, 1.82) is 0 Å². The van der Waals surface area contributed by atoms with Gasteiger partial charge in [0.25, 0.3) is 0 Å². The van der Waals surface area contributed by atoms with Crippen molar-refractivity contribution >= 4 is 25.0 Å². The van der Waals surface area contributed by atoms with E-state index in [4.69, 9.17) is 14.0 Å². The third-order valence-corrected chi connectivity index (χ3v) is 9.21. The highest BCUT2D eigenvalue weighted by Gasteiger charge is 2.57. The second kappa shape index (κ2) is 11.1. The van der Waals surface area contributed by atoms with Crippen LogP contribution in [0.15, 0.2) is 24.3 Å². The second-order valence-corrected chi connectivity index (χ2v) is 14.0. The zero-order valence-electron chi connectivity index (χ0n) is 25.8. The molecule has 230 valence electrons. The number of carbonyl (C=O) groups excluding carboxylic acids is 3. The van der Waals surface area contributed by atoms with Crippen LogP contribution in [0.5, 0.6) is 0 Å². The number of benzene rings is 1. The fourth-order valence-electron chi connectivity index (χ4n) is 6.44. The summed E-state index contributed by atoms with van der Waals surface area (Å²) in [6.07, 6.45) is 1.46. The van der Waals surface area contributed by atoms with Crippen molar-refractivity contribution in [3.05, 3.63) is 35.6 Å². The molecule has 2 unspecified atom stereocenters. The van der Waals surface area contributed by atoms with Gasteiger partial charge in [-0.2, -0.15) is 0 Å². The lowest BCUT2D eigenvalue weighted by Crippen LogP contribution is -2.60. The van der Waals surface area contributed by atoms with E-state index in [0.717, 1.165) is 18.4 Å². The third-order valence-electron chi connectivity index (χ3n) is 9.21. The van der Waals surface area contributed by atoms with Crippen molar-refractivity contribution in [2.45, 2.75) is 115 Å². The number of halogens is 1. The Hall–Kier alpha value is -2.70. The predicted molar refractivity (Wildman–Crippen MR) is 155 cm³/mol. The summed E-state index contributed by atoms with van der Waals surface area (Å²) >= 11 is 0. The van der Waals surface area contributed by atoms with E-state index in [9.17, 15) is 18.8 Å². The first-order valence-corrected chi connectivity index (χ1v) is 15.0. The standard InChI is InChI=1S/C30H44BFN4O6/c1-28(2,3)40-27(39)33-22(25(37)35-13-9-12-24(35)31-41-29(4,5)30(6,7)42-31)18-34-17-21-15-23(34)26(38)36(21)16-19-10-8-11-20(32)14-19/h8,10-11,14,21-24H,9,12-13,15-18H2,1-7H3,(H,33,39)/t21-,22-,23?,24?/m0/s1. The van der Waals surface area contributed by atoms with Gasteiger partial charge in [0.15, 0.2) is 0 Å². The molecule has 0 radical (unpaired) electrons. The van der Waals surface area contributed by atoms with Crippen LogP contribution < -0.4 is 5.32 Å². The topological polar surface area (TPSA) is 101 Å². The van der Waals surface area contributed by atoms with Crippen LogP contribution in [0, 0.1) is 5.82 Å². The second-order valence-electron chi connectivity index (χ2n) is 14.0. The summed E-state index contributed by atoms with van der Waals surface area (Å²) < 4.78 is 31.8. The van der Waals surface area contributed by atoms with Crippen molar-refractivity contribution < 1.29 is 32.8 Å². The molecule has 4 atom stereocenters. The van der Waals surface area contributed by atoms with Crippen molar-refractivity contribution in [2.24, 2.45) is 0 Å². The SMILES string of the molecule is CC(C)(C)OC(=O)N[C@@H](CN1C[C@@H]2CC1C(=O)N2Cc1cccc(F)c1)C(=O)N1CCCC1B1OC(C)(C)C(C)(C)O1. The highest BCUT2D eigenvalue weighted by Crippen LogP contribution is 2.40. The van der Waals surface area contributed by atoms with Crippen LogP contribution in [-0.2, 0) is 30.2 Å². The quantitative estimate of drug-likeness (QED) is 0.490. The van der Waals surface area contributed by atoms with Crippen LogP contribution in [0.2, 0.25) is 0 Å². The zero-order chi connectivity index (χ0) is 30.6. The first-order valence-electron chi connectivity index (χ1n) is 15.0. The third kappa shape index (κ3) is 6.17. The van der Waals surface area contributed by atoms with E-state index >= 15 is 0 Å². The number of ether oxygens (including phenoxy) is 1. The summed E-state index contributed by atoms with van der Waals surface area (Å²) in [7, 11) is -0.579. The zero-order valence-corrected chi connectivity index (χ0v) is 25.8. The maximum Gasteiger partial charge on any atom is 0.482 e. The van der Waals surface area contributed by atoms with Crippen molar-refractivity contribution in [2.75, 3.05) is 19.6 Å². The number of nitrogens with one attached hydrogen (secondary N) is 1. The molecule has 1 N–H and O–H groups in total. The van der Waals surface area contributed by atoms with Gasteiger partial charge in [-0.25, -0.2) is 9.18 Å². The molecule has 0 aromatic heterocycles. The normalized spacial score (nSPS) is 27.6. The minimum absolute atomic E-state index is 0.0461. The summed E-state index contributed by atoms with van der Waals surface area (Å²) in [6.45, 7) is 14.8. The van der Waals surface area contributed by atoms with Gasteiger partial charge in [0.2, 0.25) is 11.8 Å². The summed E-state index contributed by atoms with van der Waals surface area (Å²) in [6, 6.07) is 4.91. The number of alkyl carbamates (subject to hydrolysis) is 1. The smallest absolute Gasteiger partial charge is 0.444 e. The largest absolute Gasteiger partial charge is 0.482 e. The maximum absolute atomic E-state index is 14.1. The molecule has 4 aliphatic rings. The average molecular weight is 587 g/mol. The molecule has 2 bridgehead atoms. The molecule has 4 heterocycles. The summed E-state index contributed by atoms with van der Waals surface area (Å²) in [5, 5.41) is 2.81. The molecule has 3 amide bonds. The van der Waals surface area contributed by atoms with Gasteiger partial charge >= 0.3 is 13.2 Å². The molecular weight excluding hydrogens is 542 g/mol. The molecule has 12 heteroatoms. The van der Waals surface area contributed by atoms with E-state index < -0.39 is 42.1 Å². The number of carbonyl (C=O) groups is 3. The van der Waals surface area contributed by atoms with Gasteiger partial charge in [-0.1, -0.05) is 12.1 Å². The van der Waals surface area contributed by atoms with Gasteiger partial charge in [0.1, 0.15) is 17.5 Å². The lowest BCUT2D eigenvalue weighted by atomic mass is 9.76. The molecule has 1 aromatic carbocycles. The Kier molecular flexibility index (Phi) is 8.13. The van der Waals surface area contributed by atoms with E-state index in [-0.39, 0.29) is 36.2 Å². The van der Waals surface area contributed by atoms with Crippen LogP contribution in [0.25, 0.3) is 0 Å². The van der Waals surface area contributed by atoms with Crippen LogP contribution in [0.4, 0.5) is 9.18 Å². The molecule has 5 rings (SSSR count). The molecule has 4 fully saturated rings. The van der Waals surface area contributed by atoms with Gasteiger partial charge in [-0.3, -0.25) is 14.5 Å². The number of hydrogen-bond acceptors (Lipinski definition) is 7. The minimum atomic E-state index is -0.924. The molecule has 4 aliphatic heterocycles. The Balaban J connectivity index is 1.30. The van der Waals surface area contributed by atoms with Crippen LogP contribution in [-0.4, -0.2) is 100 Å². The maximum atomic E-state index is 14.1. The Labute approximate surface area is 248 Å². The Morgan fingerprint density at radius 3 is 2.50 bits per heavy atom. The van der Waals surface area contributed by atoms with Crippen LogP contribution in [0.1, 0.15) is 73.3 Å². The first kappa shape index (κ1) is 30.8. The number of nitrogens with zero attached hydrogens (tertiary/aromatic N) is 3. The monoisotopic (exact) mass is 586 g/mol. The number of fused-ring (bicyclic) bond motifs is 2. The minimum Gasteiger partial charge on any atom is -0.444 e. The lowest BCUT2D eigenvalue weighted by molar-refractivity contribution is -0.140. The molecular formula is C30H44BFN4O6. The summed E-state index contributed by atoms with van der Waals surface area (Å²) in [5.74, 6) is -0.915. The number of amides is 3. The van der Waals surface area contributed by atoms with Crippen LogP contribution >= 0.6 is 0 Å². The van der Waals surface area contributed by atoms with Crippen molar-refractivity contribution in [3.8, 4) is 0 Å². The van der Waals surface area contributed by atoms with Gasteiger partial charge in [0, 0.05) is 32.2 Å². The van der Waals surface area contributed by atoms with Crippen LogP contribution in [0.3, 0.4) is 0 Å². The fourth-order valence-corrected chi connectivity index (χ4v) is 6.44. The molecule has 1 aromatic rings. The number of rotatable bonds is 7. The lowest BCUT2D eigenvalue weighted by Gasteiger charge is -2.37. The highest BCUT2D eigenvalue weighted by atomic mass is 19.1. The first-order chi connectivity index (χ1) is 19.5. The molecule has 4 saturated heterocycles. The van der Waals surface area contributed by atoms with Gasteiger partial charge in [-0.05, 0) is 85.4 Å². The number of likely N-dealkylation sites (tertiary alicyclic amines) is 3. The van der Waals surface area contributed by atoms with E-state index in [1.807, 2.05) is 38.7 Å². The van der Waals surface area contributed by atoms with E-state index in [1.54, 1.807) is 36.6 Å². The average Bonchev–Trinajstić information content (AvgIpc) is 3.61. The van der Waals surface area contributed by atoms with Gasteiger partial charge in [0.05, 0.1) is 23.2 Å². The number of piperazine rings is 1. The van der Waals surface area contributed by atoms with E-state index in [1.165, 1.54) is 12.1 Å². The Morgan fingerprint density at radius 1 is 1.19 bits per heavy atom. The summed E-state index contributed by atoms with van der Waals surface area (Å²) in [4.78, 5) is 46.0. The fraction of sp³-hybridized carbons (Fsp3) is 0.700. The Bertz CT molecular complexity index is 1210. The van der Waals surface area contributed by atoms with Crippen molar-refractivity contribution in [3.63, 3.8) is 0 Å². The molecule has 0 spiro atoms. The summed E-state index contributed by atoms with van der Waals surface area (Å²) in [5.41, 5.74) is -1.06. The van der Waals surface area contributed by atoms with Gasteiger partial charge < -0.3 is 29.2 Å². The Morgan fingerprint density at radius 2 is 1.88 bits per heavy atom. The number of hydrogen-bond donors (Lipinski definition) is 1. The van der Waals surface area contributed by atoms with E-state index in [0.29, 0.717) is 26.1 Å². The highest BCUT2D eigenvalue weighted by molar-refractivity contribution is 6.48. The molecule has 10 nitrogen and oxygen atoms in total. The van der Waals surface area contributed by atoms with E-state index in [2.05, 4.69) is 5.32 Å². The van der Waals surface area contributed by atoms with Crippen molar-refractivity contribution in [1.82, 2.24) is 20.0 Å². The molecule has 42 heavy (non-hydrogen) atoms. The predicted octanol–water partition coefficient (Wildman–Crippen LogP) is 3.13. The molecule has 0 saturated carbocycles. The van der Waals surface area contributed by atoms with Gasteiger partial charge in [-0.15, -0.1) is 0 Å².